The van der Waals surface area contributed by atoms with E-state index < -0.39 is 5.91 Å². The van der Waals surface area contributed by atoms with Crippen molar-refractivity contribution in [3.63, 3.8) is 0 Å². The minimum absolute atomic E-state index is 0. The number of halogens is 2. The van der Waals surface area contributed by atoms with E-state index in [2.05, 4.69) is 5.32 Å². The highest BCUT2D eigenvalue weighted by Gasteiger charge is 2.18. The van der Waals surface area contributed by atoms with Crippen molar-refractivity contribution in [3.05, 3.63) is 67.7 Å². The lowest BCUT2D eigenvalue weighted by Crippen LogP contribution is -2.34. The number of hydrogen-bond acceptors (Lipinski definition) is 5. The van der Waals surface area contributed by atoms with E-state index in [4.69, 9.17) is 16.0 Å². The highest BCUT2D eigenvalue weighted by atomic mass is 35.5. The van der Waals surface area contributed by atoms with Crippen molar-refractivity contribution >= 4 is 52.2 Å². The second-order valence-corrected chi connectivity index (χ2v) is 7.24. The van der Waals surface area contributed by atoms with Gasteiger partial charge in [-0.25, -0.2) is 0 Å². The Labute approximate surface area is 166 Å². The second-order valence-electron chi connectivity index (χ2n) is 5.82. The second kappa shape index (κ2) is 8.68. The molecule has 5 nitrogen and oxygen atoms in total. The lowest BCUT2D eigenvalue weighted by atomic mass is 10.2. The summed E-state index contributed by atoms with van der Waals surface area (Å²) in [5.41, 5.74) is 0.0424. The van der Waals surface area contributed by atoms with Crippen LogP contribution >= 0.6 is 35.3 Å². The number of amides is 1. The number of likely N-dealkylation sites (N-methyl/N-ethyl adjacent to an activating group) is 1. The van der Waals surface area contributed by atoms with Crippen molar-refractivity contribution in [3.8, 4) is 0 Å². The van der Waals surface area contributed by atoms with E-state index in [9.17, 15) is 9.59 Å². The summed E-state index contributed by atoms with van der Waals surface area (Å²) in [6.45, 7) is 0.411. The quantitative estimate of drug-likeness (QED) is 0.688. The van der Waals surface area contributed by atoms with Gasteiger partial charge in [0.15, 0.2) is 11.2 Å². The first-order valence-corrected chi connectivity index (χ1v) is 8.93. The molecular weight excluding hydrogens is 395 g/mol. The van der Waals surface area contributed by atoms with Gasteiger partial charge in [0.1, 0.15) is 5.58 Å². The number of hydrogen-bond donors (Lipinski definition) is 1. The molecule has 1 amide bonds. The van der Waals surface area contributed by atoms with E-state index in [1.54, 1.807) is 23.5 Å². The van der Waals surface area contributed by atoms with Crippen molar-refractivity contribution in [1.82, 2.24) is 10.2 Å². The van der Waals surface area contributed by atoms with E-state index in [0.717, 1.165) is 4.88 Å². The summed E-state index contributed by atoms with van der Waals surface area (Å²) >= 11 is 7.53. The third-order valence-corrected chi connectivity index (χ3v) is 5.07. The van der Waals surface area contributed by atoms with Crippen LogP contribution in [0.1, 0.15) is 21.5 Å². The van der Waals surface area contributed by atoms with Crippen LogP contribution in [0.25, 0.3) is 11.0 Å². The van der Waals surface area contributed by atoms with Gasteiger partial charge in [0, 0.05) is 22.5 Å². The fourth-order valence-corrected chi connectivity index (χ4v) is 3.63. The summed E-state index contributed by atoms with van der Waals surface area (Å²) in [7, 11) is 3.91. The molecule has 1 unspecified atom stereocenters. The molecule has 8 heteroatoms. The summed E-state index contributed by atoms with van der Waals surface area (Å²) in [5, 5.41) is 5.64. The molecule has 3 rings (SSSR count). The van der Waals surface area contributed by atoms with Crippen LogP contribution in [0.3, 0.4) is 0 Å². The first-order chi connectivity index (χ1) is 12.0. The van der Waals surface area contributed by atoms with Crippen LogP contribution < -0.4 is 10.7 Å². The normalized spacial score (nSPS) is 12.0. The zero-order chi connectivity index (χ0) is 18.0. The minimum Gasteiger partial charge on any atom is -0.451 e. The van der Waals surface area contributed by atoms with E-state index in [1.165, 1.54) is 12.1 Å². The van der Waals surface area contributed by atoms with Gasteiger partial charge < -0.3 is 14.6 Å². The van der Waals surface area contributed by atoms with Crippen LogP contribution in [0.4, 0.5) is 0 Å². The van der Waals surface area contributed by atoms with Crippen molar-refractivity contribution < 1.29 is 9.21 Å². The molecule has 1 N–H and O–H groups in total. The Bertz CT molecular complexity index is 955. The number of rotatable bonds is 5. The van der Waals surface area contributed by atoms with Crippen LogP contribution in [-0.4, -0.2) is 31.4 Å². The molecule has 3 aromatic rings. The van der Waals surface area contributed by atoms with Crippen LogP contribution in [-0.2, 0) is 0 Å². The molecular formula is C18H18Cl2N2O3S. The summed E-state index contributed by atoms with van der Waals surface area (Å²) in [6, 6.07) is 9.99. The fraction of sp³-hybridized carbons (Fsp3) is 0.222. The van der Waals surface area contributed by atoms with Crippen molar-refractivity contribution in [1.29, 1.82) is 0 Å². The largest absolute Gasteiger partial charge is 0.451 e. The van der Waals surface area contributed by atoms with Gasteiger partial charge in [0.25, 0.3) is 5.91 Å². The van der Waals surface area contributed by atoms with Crippen molar-refractivity contribution in [2.45, 2.75) is 6.04 Å². The van der Waals surface area contributed by atoms with Gasteiger partial charge in [-0.05, 0) is 43.7 Å². The zero-order valence-electron chi connectivity index (χ0n) is 14.2. The van der Waals surface area contributed by atoms with Crippen LogP contribution in [0.2, 0.25) is 5.02 Å². The number of fused-ring (bicyclic) bond motifs is 1. The number of benzene rings is 1. The summed E-state index contributed by atoms with van der Waals surface area (Å²) in [4.78, 5) is 27.8. The van der Waals surface area contributed by atoms with Crippen LogP contribution in [0.15, 0.2) is 51.0 Å². The minimum atomic E-state index is -0.419. The molecule has 138 valence electrons. The summed E-state index contributed by atoms with van der Waals surface area (Å²) < 4.78 is 5.56. The number of carbonyl (C=O) groups is 1. The molecule has 2 heterocycles. The molecule has 0 bridgehead atoms. The molecule has 0 aliphatic carbocycles. The molecule has 0 saturated carbocycles. The lowest BCUT2D eigenvalue weighted by Gasteiger charge is -2.23. The van der Waals surface area contributed by atoms with Gasteiger partial charge in [-0.15, -0.1) is 23.7 Å². The molecule has 2 aromatic heterocycles. The van der Waals surface area contributed by atoms with Gasteiger partial charge in [0.2, 0.25) is 0 Å². The van der Waals surface area contributed by atoms with Crippen molar-refractivity contribution in [2.75, 3.05) is 20.6 Å². The monoisotopic (exact) mass is 412 g/mol. The number of carbonyl (C=O) groups excluding carboxylic acids is 1. The SMILES string of the molecule is CN(C)C(CNC(=O)c1cc(=O)c2cc(Cl)ccc2o1)c1cccs1.Cl. The van der Waals surface area contributed by atoms with Gasteiger partial charge in [-0.1, -0.05) is 17.7 Å². The molecule has 0 saturated heterocycles. The summed E-state index contributed by atoms with van der Waals surface area (Å²) in [5.74, 6) is -0.430. The summed E-state index contributed by atoms with van der Waals surface area (Å²) in [6.07, 6.45) is 0. The first kappa shape index (κ1) is 20.5. The van der Waals surface area contributed by atoms with E-state index >= 15 is 0 Å². The molecule has 1 atom stereocenters. The molecule has 0 spiro atoms. The van der Waals surface area contributed by atoms with E-state index in [1.807, 2.05) is 36.5 Å². The predicted molar refractivity (Wildman–Crippen MR) is 108 cm³/mol. The third-order valence-electron chi connectivity index (χ3n) is 3.86. The standard InChI is InChI=1S/C18H17ClN2O3S.ClH/c1-21(2)13(17-4-3-7-25-17)10-20-18(23)16-9-14(22)12-8-11(19)5-6-15(12)24-16;/h3-9,13H,10H2,1-2H3,(H,20,23);1H. The average molecular weight is 413 g/mol. The van der Waals surface area contributed by atoms with Gasteiger partial charge >= 0.3 is 0 Å². The molecule has 0 aliphatic heterocycles. The third kappa shape index (κ3) is 4.45. The molecule has 1 aromatic carbocycles. The van der Waals surface area contributed by atoms with Gasteiger partial charge in [-0.2, -0.15) is 0 Å². The molecule has 0 fully saturated rings. The highest BCUT2D eigenvalue weighted by Crippen LogP contribution is 2.22. The highest BCUT2D eigenvalue weighted by molar-refractivity contribution is 7.10. The van der Waals surface area contributed by atoms with Crippen LogP contribution in [0, 0.1) is 0 Å². The van der Waals surface area contributed by atoms with Crippen molar-refractivity contribution in [2.24, 2.45) is 0 Å². The Hall–Kier alpha value is -1.86. The fourth-order valence-electron chi connectivity index (χ4n) is 2.54. The lowest BCUT2D eigenvalue weighted by molar-refractivity contribution is 0.0915. The van der Waals surface area contributed by atoms with E-state index in [-0.39, 0.29) is 29.6 Å². The Kier molecular flexibility index (Phi) is 6.83. The Morgan fingerprint density at radius 3 is 2.73 bits per heavy atom. The van der Waals surface area contributed by atoms with Gasteiger partial charge in [0.05, 0.1) is 11.4 Å². The predicted octanol–water partition coefficient (Wildman–Crippen LogP) is 3.96. The zero-order valence-corrected chi connectivity index (χ0v) is 16.6. The number of nitrogens with one attached hydrogen (secondary N) is 1. The van der Waals surface area contributed by atoms with Gasteiger partial charge in [-0.3, -0.25) is 9.59 Å². The Morgan fingerprint density at radius 2 is 2.08 bits per heavy atom. The Balaban J connectivity index is 0.00000243. The molecule has 0 aliphatic rings. The topological polar surface area (TPSA) is 62.6 Å². The van der Waals surface area contributed by atoms with E-state index in [0.29, 0.717) is 22.5 Å². The first-order valence-electron chi connectivity index (χ1n) is 7.67. The average Bonchev–Trinajstić information content (AvgIpc) is 3.09. The smallest absolute Gasteiger partial charge is 0.287 e. The molecule has 26 heavy (non-hydrogen) atoms. The Morgan fingerprint density at radius 1 is 1.31 bits per heavy atom. The maximum atomic E-state index is 12.4. The maximum absolute atomic E-state index is 12.4. The van der Waals surface area contributed by atoms with Crippen LogP contribution in [0.5, 0.6) is 0 Å². The molecule has 0 radical (unpaired) electrons. The number of nitrogens with zero attached hydrogens (tertiary/aromatic N) is 1. The maximum Gasteiger partial charge on any atom is 0.287 e. The number of thiophene rings is 1.